The summed E-state index contributed by atoms with van der Waals surface area (Å²) in [6.07, 6.45) is 1.25. The lowest BCUT2D eigenvalue weighted by Crippen LogP contribution is -2.37. The highest BCUT2D eigenvalue weighted by molar-refractivity contribution is 5.64. The molecule has 1 aromatic rings. The first-order chi connectivity index (χ1) is 7.24. The highest BCUT2D eigenvalue weighted by Crippen LogP contribution is 2.30. The van der Waals surface area contributed by atoms with Crippen LogP contribution in [0.25, 0.3) is 0 Å². The fraction of sp³-hybridized carbons (Fsp3) is 0.462. The van der Waals surface area contributed by atoms with E-state index in [0.717, 1.165) is 24.3 Å². The summed E-state index contributed by atoms with van der Waals surface area (Å²) in [6, 6.07) is 8.53. The van der Waals surface area contributed by atoms with Crippen LogP contribution in [-0.4, -0.2) is 13.1 Å². The molecule has 1 fully saturated rings. The quantitative estimate of drug-likeness (QED) is 0.734. The topological polar surface area (TPSA) is 27.0 Å². The molecule has 0 bridgehead atoms. The Kier molecular flexibility index (Phi) is 2.64. The van der Waals surface area contributed by atoms with Crippen LogP contribution < -0.4 is 4.90 Å². The number of hydrogen-bond acceptors (Lipinski definition) is 2. The number of benzene rings is 1. The van der Waals surface area contributed by atoms with Crippen LogP contribution >= 0.6 is 0 Å². The third kappa shape index (κ3) is 1.70. The van der Waals surface area contributed by atoms with E-state index in [0.29, 0.717) is 5.92 Å². The van der Waals surface area contributed by atoms with Gasteiger partial charge in [0, 0.05) is 13.1 Å². The molecule has 78 valence electrons. The molecule has 0 saturated carbocycles. The Balaban J connectivity index is 2.46. The number of hydrogen-bond donors (Lipinski definition) is 0. The van der Waals surface area contributed by atoms with E-state index in [1.54, 1.807) is 0 Å². The fourth-order valence-electron chi connectivity index (χ4n) is 1.98. The molecule has 0 N–H and O–H groups in total. The highest BCUT2D eigenvalue weighted by atomic mass is 15.2. The van der Waals surface area contributed by atoms with E-state index in [1.807, 2.05) is 0 Å². The van der Waals surface area contributed by atoms with E-state index in [-0.39, 0.29) is 0 Å². The first-order valence-corrected chi connectivity index (χ1v) is 5.52. The van der Waals surface area contributed by atoms with Crippen molar-refractivity contribution < 1.29 is 0 Å². The van der Waals surface area contributed by atoms with Gasteiger partial charge in [0.1, 0.15) is 6.07 Å². The van der Waals surface area contributed by atoms with E-state index in [1.165, 1.54) is 12.0 Å². The third-order valence-corrected chi connectivity index (χ3v) is 3.01. The molecule has 0 atom stereocenters. The summed E-state index contributed by atoms with van der Waals surface area (Å²) in [7, 11) is 0. The maximum Gasteiger partial charge on any atom is 0.102 e. The molecule has 0 amide bonds. The van der Waals surface area contributed by atoms with Crippen LogP contribution in [0.1, 0.15) is 37.3 Å². The van der Waals surface area contributed by atoms with Gasteiger partial charge < -0.3 is 4.90 Å². The molecule has 2 nitrogen and oxygen atoms in total. The molecule has 15 heavy (non-hydrogen) atoms. The first-order valence-electron chi connectivity index (χ1n) is 5.52. The molecule has 0 aromatic heterocycles. The minimum atomic E-state index is 0.417. The molecular formula is C13H16N2. The third-order valence-electron chi connectivity index (χ3n) is 3.01. The molecule has 1 saturated heterocycles. The van der Waals surface area contributed by atoms with Crippen molar-refractivity contribution >= 4 is 5.69 Å². The summed E-state index contributed by atoms with van der Waals surface area (Å²) in [5.41, 5.74) is 3.16. The molecular weight excluding hydrogens is 184 g/mol. The zero-order valence-electron chi connectivity index (χ0n) is 9.33. The molecule has 1 aliphatic heterocycles. The van der Waals surface area contributed by atoms with Gasteiger partial charge in [0.25, 0.3) is 0 Å². The lowest BCUT2D eigenvalue weighted by molar-refractivity contribution is 0.616. The average Bonchev–Trinajstić information content (AvgIpc) is 2.14. The summed E-state index contributed by atoms with van der Waals surface area (Å²) < 4.78 is 0. The van der Waals surface area contributed by atoms with E-state index < -0.39 is 0 Å². The Morgan fingerprint density at radius 1 is 1.33 bits per heavy atom. The van der Waals surface area contributed by atoms with Crippen molar-refractivity contribution in [3.63, 3.8) is 0 Å². The van der Waals surface area contributed by atoms with Crippen LogP contribution in [0.3, 0.4) is 0 Å². The zero-order chi connectivity index (χ0) is 10.8. The van der Waals surface area contributed by atoms with Crippen molar-refractivity contribution in [2.24, 2.45) is 0 Å². The standard InChI is InChI=1S/C13H16N2/c1-10(2)11-5-3-6-13(12(11)9-14)15-7-4-8-15/h3,5-6,10H,4,7-8H2,1-2H3. The number of nitrogens with zero attached hydrogens (tertiary/aromatic N) is 2. The minimum absolute atomic E-state index is 0.417. The van der Waals surface area contributed by atoms with Crippen LogP contribution in [-0.2, 0) is 0 Å². The number of anilines is 1. The molecule has 0 aliphatic carbocycles. The second kappa shape index (κ2) is 3.94. The fourth-order valence-corrected chi connectivity index (χ4v) is 1.98. The molecule has 0 radical (unpaired) electrons. The highest BCUT2D eigenvalue weighted by Gasteiger charge is 2.20. The van der Waals surface area contributed by atoms with E-state index in [4.69, 9.17) is 0 Å². The molecule has 1 heterocycles. The van der Waals surface area contributed by atoms with Crippen LogP contribution in [0.15, 0.2) is 18.2 Å². The van der Waals surface area contributed by atoms with Gasteiger partial charge in [-0.25, -0.2) is 0 Å². The molecule has 0 unspecified atom stereocenters. The number of rotatable bonds is 2. The van der Waals surface area contributed by atoms with Gasteiger partial charge in [-0.05, 0) is 24.0 Å². The molecule has 0 spiro atoms. The van der Waals surface area contributed by atoms with Crippen molar-refractivity contribution in [2.75, 3.05) is 18.0 Å². The second-order valence-electron chi connectivity index (χ2n) is 4.35. The Bertz CT molecular complexity index is 397. The average molecular weight is 200 g/mol. The normalized spacial score (nSPS) is 14.9. The van der Waals surface area contributed by atoms with Crippen molar-refractivity contribution in [2.45, 2.75) is 26.2 Å². The van der Waals surface area contributed by atoms with Crippen LogP contribution in [0, 0.1) is 11.3 Å². The predicted molar refractivity (Wildman–Crippen MR) is 62.1 cm³/mol. The van der Waals surface area contributed by atoms with Gasteiger partial charge in [0.05, 0.1) is 11.3 Å². The summed E-state index contributed by atoms with van der Waals surface area (Å²) in [5.74, 6) is 0.417. The van der Waals surface area contributed by atoms with Crippen molar-refractivity contribution in [1.29, 1.82) is 5.26 Å². The van der Waals surface area contributed by atoms with Crippen LogP contribution in [0.5, 0.6) is 0 Å². The smallest absolute Gasteiger partial charge is 0.102 e. The van der Waals surface area contributed by atoms with Gasteiger partial charge in [0.2, 0.25) is 0 Å². The van der Waals surface area contributed by atoms with Crippen molar-refractivity contribution in [1.82, 2.24) is 0 Å². The molecule has 2 rings (SSSR count). The lowest BCUT2D eigenvalue weighted by Gasteiger charge is -2.34. The summed E-state index contributed by atoms with van der Waals surface area (Å²) >= 11 is 0. The maximum absolute atomic E-state index is 9.24. The summed E-state index contributed by atoms with van der Waals surface area (Å²) in [5, 5.41) is 9.24. The largest absolute Gasteiger partial charge is 0.370 e. The van der Waals surface area contributed by atoms with E-state index in [9.17, 15) is 5.26 Å². The van der Waals surface area contributed by atoms with Crippen molar-refractivity contribution in [3.8, 4) is 6.07 Å². The van der Waals surface area contributed by atoms with E-state index in [2.05, 4.69) is 43.0 Å². The summed E-state index contributed by atoms with van der Waals surface area (Å²) in [6.45, 7) is 6.46. The zero-order valence-corrected chi connectivity index (χ0v) is 9.33. The van der Waals surface area contributed by atoms with Gasteiger partial charge in [-0.2, -0.15) is 5.26 Å². The predicted octanol–water partition coefficient (Wildman–Crippen LogP) is 2.89. The molecule has 1 aromatic carbocycles. The Morgan fingerprint density at radius 3 is 2.53 bits per heavy atom. The maximum atomic E-state index is 9.24. The Morgan fingerprint density at radius 2 is 2.07 bits per heavy atom. The second-order valence-corrected chi connectivity index (χ2v) is 4.35. The summed E-state index contributed by atoms with van der Waals surface area (Å²) in [4.78, 5) is 2.28. The number of nitriles is 1. The Labute approximate surface area is 91.1 Å². The van der Waals surface area contributed by atoms with Gasteiger partial charge in [-0.3, -0.25) is 0 Å². The van der Waals surface area contributed by atoms with Crippen LogP contribution in [0.2, 0.25) is 0 Å². The van der Waals surface area contributed by atoms with E-state index >= 15 is 0 Å². The monoisotopic (exact) mass is 200 g/mol. The molecule has 2 heteroatoms. The van der Waals surface area contributed by atoms with Crippen molar-refractivity contribution in [3.05, 3.63) is 29.3 Å². The van der Waals surface area contributed by atoms with Gasteiger partial charge in [-0.1, -0.05) is 26.0 Å². The SMILES string of the molecule is CC(C)c1cccc(N2CCC2)c1C#N. The van der Waals surface area contributed by atoms with Crippen LogP contribution in [0.4, 0.5) is 5.69 Å². The molecule has 1 aliphatic rings. The Hall–Kier alpha value is -1.49. The van der Waals surface area contributed by atoms with Gasteiger partial charge in [0.15, 0.2) is 0 Å². The first kappa shape index (κ1) is 10.0. The van der Waals surface area contributed by atoms with Gasteiger partial charge >= 0.3 is 0 Å². The lowest BCUT2D eigenvalue weighted by atomic mass is 9.95. The van der Waals surface area contributed by atoms with Gasteiger partial charge in [-0.15, -0.1) is 0 Å². The minimum Gasteiger partial charge on any atom is -0.370 e.